The Morgan fingerprint density at radius 2 is 1.74 bits per heavy atom. The third-order valence-electron chi connectivity index (χ3n) is 4.56. The number of imidazole rings is 1. The second-order valence-electron chi connectivity index (χ2n) is 6.27. The average molecular weight is 308 g/mol. The number of benzene rings is 2. The van der Waals surface area contributed by atoms with Crippen LogP contribution in [0.1, 0.15) is 56.2 Å². The lowest BCUT2D eigenvalue weighted by atomic mass is 9.97. The van der Waals surface area contributed by atoms with Crippen molar-refractivity contribution in [1.82, 2.24) is 9.55 Å². The number of aromatic nitrogens is 2. The summed E-state index contributed by atoms with van der Waals surface area (Å²) in [6.45, 7) is 6.96. The summed E-state index contributed by atoms with van der Waals surface area (Å²) in [4.78, 5) is 4.58. The molecule has 0 bridgehead atoms. The molecule has 1 aromatic heterocycles. The molecule has 3 aromatic rings. The molecule has 0 fully saturated rings. The number of aliphatic hydroxyl groups excluding tert-OH is 1. The van der Waals surface area contributed by atoms with Crippen molar-refractivity contribution in [2.45, 2.75) is 45.8 Å². The van der Waals surface area contributed by atoms with E-state index >= 15 is 0 Å². The van der Waals surface area contributed by atoms with Gasteiger partial charge in [-0.1, -0.05) is 50.2 Å². The molecule has 1 heterocycles. The summed E-state index contributed by atoms with van der Waals surface area (Å²) in [7, 11) is 0. The molecular formula is C20H24N2O. The van der Waals surface area contributed by atoms with E-state index in [1.807, 2.05) is 18.2 Å². The van der Waals surface area contributed by atoms with Gasteiger partial charge in [-0.05, 0) is 42.5 Å². The molecule has 0 spiro atoms. The van der Waals surface area contributed by atoms with Gasteiger partial charge >= 0.3 is 0 Å². The van der Waals surface area contributed by atoms with E-state index in [2.05, 4.69) is 53.7 Å². The van der Waals surface area contributed by atoms with Gasteiger partial charge in [0.05, 0.1) is 11.0 Å². The van der Waals surface area contributed by atoms with Crippen LogP contribution < -0.4 is 0 Å². The molecule has 2 atom stereocenters. The Balaban J connectivity index is 1.96. The summed E-state index contributed by atoms with van der Waals surface area (Å²) < 4.78 is 2.11. The van der Waals surface area contributed by atoms with Crippen molar-refractivity contribution in [2.24, 2.45) is 0 Å². The first-order chi connectivity index (χ1) is 11.1. The first kappa shape index (κ1) is 15.8. The van der Waals surface area contributed by atoms with E-state index in [-0.39, 0.29) is 0 Å². The Bertz CT molecular complexity index is 787. The minimum absolute atomic E-state index is 0.582. The fourth-order valence-corrected chi connectivity index (χ4v) is 2.95. The van der Waals surface area contributed by atoms with Crippen molar-refractivity contribution in [3.8, 4) is 0 Å². The van der Waals surface area contributed by atoms with Crippen LogP contribution in [0.3, 0.4) is 0 Å². The minimum atomic E-state index is -0.582. The molecule has 2 aromatic carbocycles. The van der Waals surface area contributed by atoms with Gasteiger partial charge in [0.25, 0.3) is 0 Å². The largest absolute Gasteiger partial charge is 0.385 e. The number of rotatable bonds is 5. The molecule has 0 aliphatic rings. The molecule has 3 rings (SSSR count). The van der Waals surface area contributed by atoms with Crippen LogP contribution in [0.2, 0.25) is 0 Å². The van der Waals surface area contributed by atoms with Crippen LogP contribution in [0.25, 0.3) is 11.0 Å². The van der Waals surface area contributed by atoms with E-state index in [0.29, 0.717) is 5.92 Å². The van der Waals surface area contributed by atoms with Gasteiger partial charge < -0.3 is 9.67 Å². The van der Waals surface area contributed by atoms with Gasteiger partial charge in [0.15, 0.2) is 0 Å². The Hall–Kier alpha value is -2.13. The first-order valence-corrected chi connectivity index (χ1v) is 8.32. The molecule has 1 N–H and O–H groups in total. The van der Waals surface area contributed by atoms with Crippen LogP contribution in [-0.4, -0.2) is 14.7 Å². The van der Waals surface area contributed by atoms with Gasteiger partial charge in [-0.2, -0.15) is 0 Å². The van der Waals surface area contributed by atoms with Crippen molar-refractivity contribution in [3.05, 3.63) is 65.5 Å². The number of para-hydroxylation sites is 2. The number of aliphatic hydroxyl groups is 1. The molecule has 0 amide bonds. The second-order valence-corrected chi connectivity index (χ2v) is 6.27. The quantitative estimate of drug-likeness (QED) is 0.745. The number of hydrogen-bond acceptors (Lipinski definition) is 2. The molecule has 23 heavy (non-hydrogen) atoms. The molecule has 0 saturated carbocycles. The Kier molecular flexibility index (Phi) is 4.49. The van der Waals surface area contributed by atoms with Gasteiger partial charge in [0.1, 0.15) is 11.9 Å². The highest BCUT2D eigenvalue weighted by molar-refractivity contribution is 5.76. The zero-order chi connectivity index (χ0) is 16.4. The predicted molar refractivity (Wildman–Crippen MR) is 94.6 cm³/mol. The smallest absolute Gasteiger partial charge is 0.138 e. The second kappa shape index (κ2) is 6.55. The number of nitrogens with zero attached hydrogens (tertiary/aromatic N) is 2. The minimum Gasteiger partial charge on any atom is -0.385 e. The van der Waals surface area contributed by atoms with E-state index in [1.165, 1.54) is 11.1 Å². The lowest BCUT2D eigenvalue weighted by Gasteiger charge is -2.13. The van der Waals surface area contributed by atoms with Gasteiger partial charge in [-0.15, -0.1) is 0 Å². The molecular weight excluding hydrogens is 284 g/mol. The van der Waals surface area contributed by atoms with Crippen molar-refractivity contribution >= 4 is 11.0 Å². The van der Waals surface area contributed by atoms with E-state index in [9.17, 15) is 5.11 Å². The molecule has 3 heteroatoms. The maximum absolute atomic E-state index is 10.0. The Labute approximate surface area is 137 Å². The van der Waals surface area contributed by atoms with E-state index in [0.717, 1.165) is 29.8 Å². The highest BCUT2D eigenvalue weighted by Crippen LogP contribution is 2.23. The SMILES string of the molecule is CC[C@@H](C)c1ccc(Cn2c([C@H](C)O)nc3ccccc32)cc1. The zero-order valence-corrected chi connectivity index (χ0v) is 14.0. The molecule has 3 nitrogen and oxygen atoms in total. The maximum Gasteiger partial charge on any atom is 0.138 e. The summed E-state index contributed by atoms with van der Waals surface area (Å²) in [6.07, 6.45) is 0.569. The third-order valence-corrected chi connectivity index (χ3v) is 4.56. The molecule has 0 radical (unpaired) electrons. The van der Waals surface area contributed by atoms with E-state index in [1.54, 1.807) is 6.92 Å². The van der Waals surface area contributed by atoms with Crippen LogP contribution in [-0.2, 0) is 6.54 Å². The van der Waals surface area contributed by atoms with Crippen molar-refractivity contribution in [2.75, 3.05) is 0 Å². The molecule has 0 aliphatic heterocycles. The molecule has 120 valence electrons. The van der Waals surface area contributed by atoms with Crippen LogP contribution in [0.4, 0.5) is 0 Å². The van der Waals surface area contributed by atoms with Crippen LogP contribution in [0, 0.1) is 0 Å². The van der Waals surface area contributed by atoms with Gasteiger partial charge in [0.2, 0.25) is 0 Å². The number of hydrogen-bond donors (Lipinski definition) is 1. The van der Waals surface area contributed by atoms with Crippen LogP contribution in [0.5, 0.6) is 0 Å². The standard InChI is InChI=1S/C20H24N2O/c1-4-14(2)17-11-9-16(10-12-17)13-22-19-8-6-5-7-18(19)21-20(22)15(3)23/h5-12,14-15,23H,4,13H2,1-3H3/t14-,15+/m1/s1. The third kappa shape index (κ3) is 3.15. The first-order valence-electron chi connectivity index (χ1n) is 8.32. The van der Waals surface area contributed by atoms with Gasteiger partial charge in [0, 0.05) is 6.54 Å². The Morgan fingerprint density at radius 1 is 1.04 bits per heavy atom. The fraction of sp³-hybridized carbons (Fsp3) is 0.350. The molecule has 0 unspecified atom stereocenters. The van der Waals surface area contributed by atoms with Crippen molar-refractivity contribution < 1.29 is 5.11 Å². The normalized spacial score (nSPS) is 14.1. The highest BCUT2D eigenvalue weighted by atomic mass is 16.3. The summed E-state index contributed by atoms with van der Waals surface area (Å²) in [6, 6.07) is 16.8. The van der Waals surface area contributed by atoms with Crippen LogP contribution in [0.15, 0.2) is 48.5 Å². The van der Waals surface area contributed by atoms with E-state index in [4.69, 9.17) is 0 Å². The lowest BCUT2D eigenvalue weighted by molar-refractivity contribution is 0.185. The van der Waals surface area contributed by atoms with Gasteiger partial charge in [-0.3, -0.25) is 0 Å². The molecule has 0 aliphatic carbocycles. The predicted octanol–water partition coefficient (Wildman–Crippen LogP) is 4.65. The van der Waals surface area contributed by atoms with Crippen LogP contribution >= 0.6 is 0 Å². The summed E-state index contributed by atoms with van der Waals surface area (Å²) >= 11 is 0. The van der Waals surface area contributed by atoms with Crippen molar-refractivity contribution in [3.63, 3.8) is 0 Å². The zero-order valence-electron chi connectivity index (χ0n) is 14.0. The summed E-state index contributed by atoms with van der Waals surface area (Å²) in [5, 5.41) is 10.0. The highest BCUT2D eigenvalue weighted by Gasteiger charge is 2.14. The number of fused-ring (bicyclic) bond motifs is 1. The van der Waals surface area contributed by atoms with Crippen molar-refractivity contribution in [1.29, 1.82) is 0 Å². The lowest BCUT2D eigenvalue weighted by Crippen LogP contribution is -2.08. The Morgan fingerprint density at radius 3 is 2.39 bits per heavy atom. The molecule has 0 saturated heterocycles. The van der Waals surface area contributed by atoms with Gasteiger partial charge in [-0.25, -0.2) is 4.98 Å². The fourth-order valence-electron chi connectivity index (χ4n) is 2.95. The maximum atomic E-state index is 10.0. The topological polar surface area (TPSA) is 38.0 Å². The monoisotopic (exact) mass is 308 g/mol. The average Bonchev–Trinajstić information content (AvgIpc) is 2.94. The summed E-state index contributed by atoms with van der Waals surface area (Å²) in [5.41, 5.74) is 4.60. The summed E-state index contributed by atoms with van der Waals surface area (Å²) in [5.74, 6) is 1.31. The van der Waals surface area contributed by atoms with E-state index < -0.39 is 6.10 Å².